The first-order valence-corrected chi connectivity index (χ1v) is 13.1. The molecule has 0 aliphatic heterocycles. The molecule has 1 aromatic carbocycles. The third kappa shape index (κ3) is 11.5. The summed E-state index contributed by atoms with van der Waals surface area (Å²) in [5, 5.41) is 35.2. The summed E-state index contributed by atoms with van der Waals surface area (Å²) in [6.07, 6.45) is 1.21. The molecule has 0 heterocycles. The number of carbonyl (C=O) groups excluding carboxylic acids is 3. The van der Waals surface area contributed by atoms with Crippen LogP contribution in [0.25, 0.3) is 0 Å². The van der Waals surface area contributed by atoms with E-state index >= 15 is 0 Å². The topological polar surface area (TPSA) is 208 Å². The van der Waals surface area contributed by atoms with Crippen LogP contribution >= 0.6 is 11.8 Å². The summed E-state index contributed by atoms with van der Waals surface area (Å²) in [5.74, 6) is -4.34. The van der Waals surface area contributed by atoms with E-state index in [0.717, 1.165) is 0 Å². The van der Waals surface area contributed by atoms with Gasteiger partial charge in [-0.25, -0.2) is 4.79 Å². The van der Waals surface area contributed by atoms with E-state index in [1.54, 1.807) is 32.2 Å². The molecule has 0 radical (unpaired) electrons. The summed E-state index contributed by atoms with van der Waals surface area (Å²) in [4.78, 5) is 61.1. The Morgan fingerprint density at radius 3 is 1.92 bits per heavy atom. The third-order valence-electron chi connectivity index (χ3n) is 5.54. The summed E-state index contributed by atoms with van der Waals surface area (Å²) in [6.45, 7) is 3.51. The first kappa shape index (κ1) is 31.7. The van der Waals surface area contributed by atoms with Gasteiger partial charge in [-0.1, -0.05) is 26.0 Å². The number of benzene rings is 1. The maximum atomic E-state index is 13.3. The van der Waals surface area contributed by atoms with Crippen molar-refractivity contribution in [1.82, 2.24) is 16.0 Å². The van der Waals surface area contributed by atoms with Crippen LogP contribution in [-0.4, -0.2) is 81.2 Å². The number of hydrogen-bond acceptors (Lipinski definition) is 8. The van der Waals surface area contributed by atoms with Gasteiger partial charge < -0.3 is 37.0 Å². The van der Waals surface area contributed by atoms with Crippen molar-refractivity contribution in [3.05, 3.63) is 29.8 Å². The number of carbonyl (C=O) groups is 5. The zero-order valence-electron chi connectivity index (χ0n) is 21.1. The average Bonchev–Trinajstić information content (AvgIpc) is 2.83. The standard InChI is InChI=1S/C24H36N4O8S/c1-13(2)20(25)23(34)28-18(12-14-4-6-15(29)7-5-14)22(33)26-16(10-11-37-3)21(32)27-17(24(35)36)8-9-19(30)31/h4-7,13,16-18,20,29H,8-12,25H2,1-3H3,(H,26,33)(H,27,32)(H,28,34)(H,30,31)(H,35,36). The van der Waals surface area contributed by atoms with E-state index in [4.69, 9.17) is 10.8 Å². The number of rotatable bonds is 16. The van der Waals surface area contributed by atoms with Gasteiger partial charge in [0.05, 0.1) is 6.04 Å². The van der Waals surface area contributed by atoms with Crippen LogP contribution < -0.4 is 21.7 Å². The molecule has 8 N–H and O–H groups in total. The van der Waals surface area contributed by atoms with Crippen LogP contribution in [0.2, 0.25) is 0 Å². The van der Waals surface area contributed by atoms with Gasteiger partial charge >= 0.3 is 11.9 Å². The predicted molar refractivity (Wildman–Crippen MR) is 138 cm³/mol. The van der Waals surface area contributed by atoms with Crippen molar-refractivity contribution >= 4 is 41.4 Å². The number of aromatic hydroxyl groups is 1. The molecule has 0 saturated heterocycles. The van der Waals surface area contributed by atoms with Crippen LogP contribution in [-0.2, 0) is 30.4 Å². The smallest absolute Gasteiger partial charge is 0.326 e. The van der Waals surface area contributed by atoms with Gasteiger partial charge in [0.15, 0.2) is 0 Å². The van der Waals surface area contributed by atoms with Gasteiger partial charge in [-0.15, -0.1) is 0 Å². The van der Waals surface area contributed by atoms with E-state index < -0.39 is 60.2 Å². The van der Waals surface area contributed by atoms with Gasteiger partial charge in [0.2, 0.25) is 17.7 Å². The lowest BCUT2D eigenvalue weighted by Crippen LogP contribution is -2.58. The molecule has 4 unspecified atom stereocenters. The van der Waals surface area contributed by atoms with E-state index in [9.17, 15) is 34.2 Å². The average molecular weight is 541 g/mol. The molecule has 206 valence electrons. The van der Waals surface area contributed by atoms with Crippen LogP contribution in [0.5, 0.6) is 5.75 Å². The van der Waals surface area contributed by atoms with E-state index in [2.05, 4.69) is 16.0 Å². The largest absolute Gasteiger partial charge is 0.508 e. The molecule has 0 spiro atoms. The van der Waals surface area contributed by atoms with Crippen LogP contribution in [0.15, 0.2) is 24.3 Å². The van der Waals surface area contributed by atoms with E-state index in [0.29, 0.717) is 11.3 Å². The second-order valence-electron chi connectivity index (χ2n) is 8.88. The lowest BCUT2D eigenvalue weighted by atomic mass is 10.0. The molecule has 0 aliphatic carbocycles. The number of phenols is 1. The Morgan fingerprint density at radius 2 is 1.41 bits per heavy atom. The van der Waals surface area contributed by atoms with Gasteiger partial charge in [0.25, 0.3) is 0 Å². The number of phenolic OH excluding ortho intramolecular Hbond substituents is 1. The highest BCUT2D eigenvalue weighted by molar-refractivity contribution is 7.98. The zero-order chi connectivity index (χ0) is 28.1. The molecule has 1 aromatic rings. The first-order chi connectivity index (χ1) is 17.3. The molecule has 4 atom stereocenters. The molecular formula is C24H36N4O8S. The Hall–Kier alpha value is -3.32. The predicted octanol–water partition coefficient (Wildman–Crippen LogP) is 0.0749. The van der Waals surface area contributed by atoms with Crippen LogP contribution in [0.1, 0.15) is 38.7 Å². The van der Waals surface area contributed by atoms with Crippen molar-refractivity contribution in [1.29, 1.82) is 0 Å². The molecule has 0 fully saturated rings. The van der Waals surface area contributed by atoms with E-state index in [1.807, 2.05) is 0 Å². The van der Waals surface area contributed by atoms with Crippen molar-refractivity contribution < 1.29 is 39.3 Å². The second-order valence-corrected chi connectivity index (χ2v) is 9.86. The molecular weight excluding hydrogens is 504 g/mol. The zero-order valence-corrected chi connectivity index (χ0v) is 21.9. The molecule has 0 bridgehead atoms. The first-order valence-electron chi connectivity index (χ1n) is 11.7. The number of nitrogens with one attached hydrogen (secondary N) is 3. The Balaban J connectivity index is 3.11. The fraction of sp³-hybridized carbons (Fsp3) is 0.542. The van der Waals surface area contributed by atoms with Gasteiger partial charge in [0.1, 0.15) is 23.9 Å². The van der Waals surface area contributed by atoms with E-state index in [1.165, 1.54) is 23.9 Å². The quantitative estimate of drug-likeness (QED) is 0.150. The minimum Gasteiger partial charge on any atom is -0.508 e. The molecule has 12 nitrogen and oxygen atoms in total. The molecule has 37 heavy (non-hydrogen) atoms. The Morgan fingerprint density at radius 1 is 0.865 bits per heavy atom. The summed E-state index contributed by atoms with van der Waals surface area (Å²) in [7, 11) is 0. The van der Waals surface area contributed by atoms with E-state index in [-0.39, 0.29) is 30.9 Å². The highest BCUT2D eigenvalue weighted by Gasteiger charge is 2.31. The minimum atomic E-state index is -1.45. The number of amides is 3. The number of hydrogen-bond donors (Lipinski definition) is 7. The SMILES string of the molecule is CSCCC(NC(=O)C(Cc1ccc(O)cc1)NC(=O)C(N)C(C)C)C(=O)NC(CCC(=O)O)C(=O)O. The van der Waals surface area contributed by atoms with Crippen LogP contribution in [0.4, 0.5) is 0 Å². The van der Waals surface area contributed by atoms with Gasteiger partial charge in [-0.05, 0) is 48.5 Å². The maximum Gasteiger partial charge on any atom is 0.326 e. The normalized spacial score (nSPS) is 14.2. The lowest BCUT2D eigenvalue weighted by molar-refractivity contribution is -0.143. The summed E-state index contributed by atoms with van der Waals surface area (Å²) >= 11 is 1.41. The van der Waals surface area contributed by atoms with Crippen molar-refractivity contribution in [2.75, 3.05) is 12.0 Å². The fourth-order valence-electron chi connectivity index (χ4n) is 3.22. The fourth-order valence-corrected chi connectivity index (χ4v) is 3.69. The number of carboxylic acids is 2. The van der Waals surface area contributed by atoms with Gasteiger partial charge in [0, 0.05) is 12.8 Å². The Kier molecular flexibility index (Phi) is 13.5. The second kappa shape index (κ2) is 15.7. The van der Waals surface area contributed by atoms with Crippen molar-refractivity contribution in [2.45, 2.75) is 63.7 Å². The van der Waals surface area contributed by atoms with Crippen molar-refractivity contribution in [3.8, 4) is 5.75 Å². The summed E-state index contributed by atoms with van der Waals surface area (Å²) < 4.78 is 0. The van der Waals surface area contributed by atoms with Crippen LogP contribution in [0.3, 0.4) is 0 Å². The Bertz CT molecular complexity index is 941. The van der Waals surface area contributed by atoms with Gasteiger partial charge in [-0.3, -0.25) is 19.2 Å². The molecule has 3 amide bonds. The van der Waals surface area contributed by atoms with Gasteiger partial charge in [-0.2, -0.15) is 11.8 Å². The van der Waals surface area contributed by atoms with Crippen molar-refractivity contribution in [3.63, 3.8) is 0 Å². The lowest BCUT2D eigenvalue weighted by Gasteiger charge is -2.26. The van der Waals surface area contributed by atoms with Crippen molar-refractivity contribution in [2.24, 2.45) is 11.7 Å². The number of nitrogens with two attached hydrogens (primary N) is 1. The molecule has 0 saturated carbocycles. The monoisotopic (exact) mass is 540 g/mol. The third-order valence-corrected chi connectivity index (χ3v) is 6.18. The summed E-state index contributed by atoms with van der Waals surface area (Å²) in [5.41, 5.74) is 6.55. The maximum absolute atomic E-state index is 13.3. The molecule has 0 aliphatic rings. The summed E-state index contributed by atoms with van der Waals surface area (Å²) in [6, 6.07) is 1.46. The number of carboxylic acid groups (broad SMARTS) is 2. The highest BCUT2D eigenvalue weighted by atomic mass is 32.2. The molecule has 0 aromatic heterocycles. The highest BCUT2D eigenvalue weighted by Crippen LogP contribution is 2.13. The number of aliphatic carboxylic acids is 2. The Labute approximate surface area is 219 Å². The van der Waals surface area contributed by atoms with Crippen LogP contribution in [0, 0.1) is 5.92 Å². The minimum absolute atomic E-state index is 0.0281. The molecule has 13 heteroatoms. The number of thioether (sulfide) groups is 1. The molecule has 1 rings (SSSR count).